The van der Waals surface area contributed by atoms with Gasteiger partial charge in [0, 0.05) is 5.69 Å². The second-order valence-electron chi connectivity index (χ2n) is 7.85. The van der Waals surface area contributed by atoms with Gasteiger partial charge in [-0.15, -0.1) is 10.2 Å². The number of para-hydroxylation sites is 1. The molecule has 0 aliphatic rings. The number of methoxy groups -OCH3 is 1. The van der Waals surface area contributed by atoms with Gasteiger partial charge in [-0.2, -0.15) is 0 Å². The molecule has 0 saturated heterocycles. The number of hydrogen-bond acceptors (Lipinski definition) is 7. The zero-order chi connectivity index (χ0) is 24.9. The molecule has 0 bridgehead atoms. The fourth-order valence-corrected chi connectivity index (χ4v) is 4.35. The Morgan fingerprint density at radius 2 is 1.77 bits per heavy atom. The number of amides is 1. The third-order valence-electron chi connectivity index (χ3n) is 5.29. The molecule has 3 aromatic carbocycles. The second kappa shape index (κ2) is 10.4. The van der Waals surface area contributed by atoms with E-state index in [1.165, 1.54) is 18.9 Å². The van der Waals surface area contributed by atoms with Crippen LogP contribution >= 0.6 is 11.8 Å². The number of hydrogen-bond donors (Lipinski definition) is 2. The topological polar surface area (TPSA) is 106 Å². The Bertz CT molecular complexity index is 1380. The molecule has 4 aromatic rings. The molecule has 0 saturated carbocycles. The number of ether oxygens (including phenoxy) is 1. The average Bonchev–Trinajstić information content (AvgIpc) is 3.26. The summed E-state index contributed by atoms with van der Waals surface area (Å²) in [5, 5.41) is 22.4. The number of aromatic hydroxyl groups is 1. The summed E-state index contributed by atoms with van der Waals surface area (Å²) in [7, 11) is 1.32. The summed E-state index contributed by atoms with van der Waals surface area (Å²) in [5.74, 6) is -0.0146. The lowest BCUT2D eigenvalue weighted by atomic mass is 10.1. The number of carbonyl (C=O) groups excluding carboxylic acids is 2. The number of anilines is 1. The van der Waals surface area contributed by atoms with Crippen LogP contribution in [-0.2, 0) is 9.53 Å². The first-order valence-corrected chi connectivity index (χ1v) is 11.8. The molecular formula is C26H24N4O4S. The van der Waals surface area contributed by atoms with Crippen LogP contribution in [0.4, 0.5) is 5.69 Å². The number of thioether (sulfide) groups is 1. The highest BCUT2D eigenvalue weighted by Crippen LogP contribution is 2.33. The molecule has 2 N–H and O–H groups in total. The van der Waals surface area contributed by atoms with Crippen LogP contribution in [-0.4, -0.2) is 44.6 Å². The highest BCUT2D eigenvalue weighted by atomic mass is 32.2. The number of nitrogens with one attached hydrogen (secondary N) is 1. The van der Waals surface area contributed by atoms with Crippen molar-refractivity contribution >= 4 is 29.3 Å². The summed E-state index contributed by atoms with van der Waals surface area (Å²) in [6.07, 6.45) is 0. The number of benzene rings is 3. The molecule has 0 radical (unpaired) electrons. The van der Waals surface area contributed by atoms with Gasteiger partial charge in [-0.05, 0) is 61.9 Å². The third-order valence-corrected chi connectivity index (χ3v) is 6.22. The van der Waals surface area contributed by atoms with E-state index < -0.39 is 5.97 Å². The fraction of sp³-hybridized carbons (Fsp3) is 0.154. The maximum absolute atomic E-state index is 12.6. The van der Waals surface area contributed by atoms with Gasteiger partial charge < -0.3 is 15.2 Å². The lowest BCUT2D eigenvalue weighted by Gasteiger charge is -2.14. The van der Waals surface area contributed by atoms with Crippen molar-refractivity contribution in [3.8, 4) is 22.8 Å². The minimum absolute atomic E-state index is 0.0859. The zero-order valence-electron chi connectivity index (χ0n) is 19.5. The normalized spacial score (nSPS) is 10.7. The Morgan fingerprint density at radius 3 is 2.46 bits per heavy atom. The number of aromatic nitrogens is 3. The summed E-state index contributed by atoms with van der Waals surface area (Å²) in [6.45, 7) is 4.01. The Labute approximate surface area is 207 Å². The van der Waals surface area contributed by atoms with Gasteiger partial charge in [0.15, 0.2) is 11.0 Å². The number of nitrogens with zero attached hydrogens (tertiary/aromatic N) is 3. The molecule has 0 spiro atoms. The van der Waals surface area contributed by atoms with Crippen molar-refractivity contribution in [1.82, 2.24) is 14.8 Å². The van der Waals surface area contributed by atoms with E-state index in [4.69, 9.17) is 0 Å². The molecular weight excluding hydrogens is 464 g/mol. The minimum Gasteiger partial charge on any atom is -0.507 e. The van der Waals surface area contributed by atoms with Crippen molar-refractivity contribution in [3.63, 3.8) is 0 Å². The zero-order valence-corrected chi connectivity index (χ0v) is 20.3. The van der Waals surface area contributed by atoms with E-state index in [0.717, 1.165) is 16.8 Å². The fourth-order valence-electron chi connectivity index (χ4n) is 3.61. The van der Waals surface area contributed by atoms with Crippen LogP contribution in [0, 0.1) is 13.8 Å². The number of rotatable bonds is 7. The summed E-state index contributed by atoms with van der Waals surface area (Å²) in [5.41, 5.74) is 4.50. The summed E-state index contributed by atoms with van der Waals surface area (Å²) in [6, 6.07) is 19.4. The van der Waals surface area contributed by atoms with E-state index in [1.54, 1.807) is 42.5 Å². The maximum Gasteiger partial charge on any atom is 0.337 e. The summed E-state index contributed by atoms with van der Waals surface area (Å²) < 4.78 is 6.54. The molecule has 0 aliphatic heterocycles. The molecule has 35 heavy (non-hydrogen) atoms. The Kier molecular flexibility index (Phi) is 7.17. The van der Waals surface area contributed by atoms with Crippen molar-refractivity contribution in [2.75, 3.05) is 18.2 Å². The van der Waals surface area contributed by atoms with E-state index in [9.17, 15) is 14.7 Å². The molecule has 8 nitrogen and oxygen atoms in total. The average molecular weight is 489 g/mol. The first-order valence-electron chi connectivity index (χ1n) is 10.8. The van der Waals surface area contributed by atoms with Crippen molar-refractivity contribution in [3.05, 3.63) is 83.4 Å². The largest absolute Gasteiger partial charge is 0.507 e. The summed E-state index contributed by atoms with van der Waals surface area (Å²) >= 11 is 1.24. The van der Waals surface area contributed by atoms with E-state index in [-0.39, 0.29) is 17.4 Å². The molecule has 9 heteroatoms. The van der Waals surface area contributed by atoms with Crippen molar-refractivity contribution < 1.29 is 19.4 Å². The SMILES string of the molecule is COC(=O)c1ccc(NC(=O)CSc2nnc(-c3ccccc3O)n2-c2ccc(C)cc2C)cc1. The van der Waals surface area contributed by atoms with Gasteiger partial charge in [-0.3, -0.25) is 9.36 Å². The van der Waals surface area contributed by atoms with Gasteiger partial charge in [0.2, 0.25) is 5.91 Å². The van der Waals surface area contributed by atoms with Gasteiger partial charge in [0.1, 0.15) is 5.75 Å². The Hall–Kier alpha value is -4.11. The van der Waals surface area contributed by atoms with E-state index in [1.807, 2.05) is 36.6 Å². The highest BCUT2D eigenvalue weighted by Gasteiger charge is 2.20. The van der Waals surface area contributed by atoms with Gasteiger partial charge >= 0.3 is 5.97 Å². The highest BCUT2D eigenvalue weighted by molar-refractivity contribution is 7.99. The molecule has 178 valence electrons. The van der Waals surface area contributed by atoms with Crippen LogP contribution in [0.3, 0.4) is 0 Å². The Balaban J connectivity index is 1.58. The first-order chi connectivity index (χ1) is 16.9. The molecule has 0 aliphatic carbocycles. The van der Waals surface area contributed by atoms with Crippen molar-refractivity contribution in [2.45, 2.75) is 19.0 Å². The van der Waals surface area contributed by atoms with Gasteiger partial charge in [-0.25, -0.2) is 4.79 Å². The van der Waals surface area contributed by atoms with Gasteiger partial charge in [-0.1, -0.05) is 41.6 Å². The Morgan fingerprint density at radius 1 is 1.03 bits per heavy atom. The first kappa shape index (κ1) is 24.0. The number of aryl methyl sites for hydroxylation is 2. The number of phenols is 1. The molecule has 0 atom stereocenters. The number of esters is 1. The lowest BCUT2D eigenvalue weighted by Crippen LogP contribution is -2.15. The van der Waals surface area contributed by atoms with E-state index in [0.29, 0.717) is 27.8 Å². The van der Waals surface area contributed by atoms with Crippen LogP contribution in [0.5, 0.6) is 5.75 Å². The molecule has 1 aromatic heterocycles. The van der Waals surface area contributed by atoms with Gasteiger partial charge in [0.05, 0.1) is 29.7 Å². The quantitative estimate of drug-likeness (QED) is 0.285. The smallest absolute Gasteiger partial charge is 0.337 e. The monoisotopic (exact) mass is 488 g/mol. The molecule has 1 amide bonds. The molecule has 4 rings (SSSR count). The molecule has 1 heterocycles. The van der Waals surface area contributed by atoms with Gasteiger partial charge in [0.25, 0.3) is 0 Å². The summed E-state index contributed by atoms with van der Waals surface area (Å²) in [4.78, 5) is 24.2. The lowest BCUT2D eigenvalue weighted by molar-refractivity contribution is -0.113. The second-order valence-corrected chi connectivity index (χ2v) is 8.80. The van der Waals surface area contributed by atoms with Crippen molar-refractivity contribution in [1.29, 1.82) is 0 Å². The number of phenolic OH excluding ortho intramolecular Hbond substituents is 1. The predicted octanol–water partition coefficient (Wildman–Crippen LogP) is 4.77. The predicted molar refractivity (Wildman–Crippen MR) is 135 cm³/mol. The van der Waals surface area contributed by atoms with Crippen LogP contribution < -0.4 is 5.32 Å². The molecule has 0 fully saturated rings. The van der Waals surface area contributed by atoms with Crippen LogP contribution in [0.2, 0.25) is 0 Å². The van der Waals surface area contributed by atoms with E-state index >= 15 is 0 Å². The minimum atomic E-state index is -0.440. The van der Waals surface area contributed by atoms with Crippen molar-refractivity contribution in [2.24, 2.45) is 0 Å². The molecule has 0 unspecified atom stereocenters. The van der Waals surface area contributed by atoms with E-state index in [2.05, 4.69) is 26.3 Å². The van der Waals surface area contributed by atoms with Crippen LogP contribution in [0.15, 0.2) is 71.9 Å². The van der Waals surface area contributed by atoms with Crippen LogP contribution in [0.1, 0.15) is 21.5 Å². The third kappa shape index (κ3) is 5.36. The maximum atomic E-state index is 12.6. The van der Waals surface area contributed by atoms with Crippen LogP contribution in [0.25, 0.3) is 17.1 Å². The number of carbonyl (C=O) groups is 2. The standard InChI is InChI=1S/C26H24N4O4S/c1-16-8-13-21(17(2)14-16)30-24(20-6-4-5-7-22(20)31)28-29-26(30)35-15-23(32)27-19-11-9-18(10-12-19)25(33)34-3/h4-14,31H,15H2,1-3H3,(H,27,32).